The average Bonchev–Trinajstić information content (AvgIpc) is 0.683. The molecule has 20 rings (SSSR count). The third-order valence-corrected chi connectivity index (χ3v) is 21.2. The van der Waals surface area contributed by atoms with Gasteiger partial charge in [0.05, 0.1) is 22.7 Å². The fourth-order valence-corrected chi connectivity index (χ4v) is 16.9. The Kier molecular flexibility index (Phi) is 14.7. The Hall–Kier alpha value is -13.6. The number of nitrogens with zero attached hydrogens (tertiary/aromatic N) is 5. The molecule has 16 aromatic carbocycles. The molecule has 0 bridgehead atoms. The zero-order valence-corrected chi connectivity index (χ0v) is 56.8. The Balaban J connectivity index is 0.927. The fourth-order valence-electron chi connectivity index (χ4n) is 16.9. The van der Waals surface area contributed by atoms with Crippen LogP contribution in [0.3, 0.4) is 0 Å². The summed E-state index contributed by atoms with van der Waals surface area (Å²) < 4.78 is 7.55. The molecule has 486 valence electrons. The van der Waals surface area contributed by atoms with E-state index in [0.717, 1.165) is 152 Å². The fraction of sp³-hybridized carbons (Fsp3) is 0. The lowest BCUT2D eigenvalue weighted by molar-refractivity contribution is 0.487. The number of benzene rings is 16. The van der Waals surface area contributed by atoms with Crippen molar-refractivity contribution in [2.24, 2.45) is 0 Å². The topological polar surface area (TPSA) is 25.4 Å². The zero-order chi connectivity index (χ0) is 68.6. The van der Waals surface area contributed by atoms with Crippen LogP contribution in [0.5, 0.6) is 11.5 Å². The lowest BCUT2D eigenvalue weighted by atomic mass is 9.30. The van der Waals surface area contributed by atoms with Gasteiger partial charge in [-0.15, -0.1) is 0 Å². The first-order chi connectivity index (χ1) is 51.7. The van der Waals surface area contributed by atoms with Crippen molar-refractivity contribution in [1.82, 2.24) is 0 Å². The molecule has 0 atom stereocenters. The van der Waals surface area contributed by atoms with E-state index in [2.05, 4.69) is 419 Å². The van der Waals surface area contributed by atoms with Crippen molar-refractivity contribution >= 4 is 132 Å². The monoisotopic (exact) mass is 1330 g/mol. The van der Waals surface area contributed by atoms with Crippen molar-refractivity contribution in [1.29, 1.82) is 0 Å². The average molecular weight is 1330 g/mol. The number of para-hydroxylation sites is 9. The van der Waals surface area contributed by atoms with Crippen LogP contribution in [0.1, 0.15) is 0 Å². The molecule has 0 N–H and O–H groups in total. The third-order valence-electron chi connectivity index (χ3n) is 21.2. The molecule has 0 aromatic heterocycles. The second-order valence-corrected chi connectivity index (χ2v) is 27.0. The molecule has 4 heterocycles. The molecule has 8 heteroatoms. The van der Waals surface area contributed by atoms with Crippen LogP contribution in [-0.4, -0.2) is 13.4 Å². The molecular weight excluding hydrogens is 1260 g/mol. The minimum Gasteiger partial charge on any atom is -0.458 e. The van der Waals surface area contributed by atoms with Crippen molar-refractivity contribution in [3.63, 3.8) is 0 Å². The van der Waals surface area contributed by atoms with Gasteiger partial charge in [-0.2, -0.15) is 0 Å². The van der Waals surface area contributed by atoms with E-state index >= 15 is 0 Å². The van der Waals surface area contributed by atoms with E-state index < -0.39 is 0 Å². The number of ether oxygens (including phenoxy) is 1. The Morgan fingerprint density at radius 1 is 0.221 bits per heavy atom. The highest BCUT2D eigenvalue weighted by molar-refractivity contribution is 7.02. The van der Waals surface area contributed by atoms with Crippen molar-refractivity contribution in [2.45, 2.75) is 0 Å². The second kappa shape index (κ2) is 25.3. The lowest BCUT2D eigenvalue weighted by Gasteiger charge is -2.47. The van der Waals surface area contributed by atoms with Crippen molar-refractivity contribution in [3.05, 3.63) is 394 Å². The molecule has 0 saturated carbocycles. The lowest BCUT2D eigenvalue weighted by Crippen LogP contribution is -2.64. The molecule has 0 unspecified atom stereocenters. The Morgan fingerprint density at radius 2 is 0.587 bits per heavy atom. The predicted molar refractivity (Wildman–Crippen MR) is 437 cm³/mol. The van der Waals surface area contributed by atoms with Gasteiger partial charge >= 0.3 is 0 Å². The van der Waals surface area contributed by atoms with Gasteiger partial charge in [0.2, 0.25) is 0 Å². The molecule has 4 aliphatic heterocycles. The summed E-state index contributed by atoms with van der Waals surface area (Å²) in [7, 11) is 0. The van der Waals surface area contributed by atoms with Crippen LogP contribution in [0.4, 0.5) is 85.3 Å². The van der Waals surface area contributed by atoms with Gasteiger partial charge in [-0.05, 0) is 152 Å². The minimum absolute atomic E-state index is 0.251. The normalized spacial score (nSPS) is 12.6. The molecule has 0 spiro atoms. The first kappa shape index (κ1) is 60.4. The molecule has 0 fully saturated rings. The van der Waals surface area contributed by atoms with E-state index in [1.54, 1.807) is 0 Å². The maximum absolute atomic E-state index is 7.55. The van der Waals surface area contributed by atoms with Crippen LogP contribution >= 0.6 is 0 Å². The second-order valence-electron chi connectivity index (χ2n) is 27.0. The largest absolute Gasteiger partial charge is 0.458 e. The first-order valence-corrected chi connectivity index (χ1v) is 35.8. The van der Waals surface area contributed by atoms with E-state index in [1.165, 1.54) is 21.9 Å². The predicted octanol–water partition coefficient (Wildman–Crippen LogP) is 21.8. The SMILES string of the molecule is c1ccc(-c2cccc(-c3ccccc3)c2N(c2ccccc2)c2cc3c4c(c2)N(c2ccccc2)c2cc5c(cc2B4c2ccccc2O3)B2c3ccccc3N(c3ccccc3)c3cc(N(c4ccccc4)c4ccccc4)cc(c32)N5c2c(-c3ccccc3)cccc2-c2ccccc2)cc1. The maximum Gasteiger partial charge on any atom is 0.256 e. The number of anilines is 15. The van der Waals surface area contributed by atoms with Gasteiger partial charge < -0.3 is 29.2 Å². The van der Waals surface area contributed by atoms with Crippen LogP contribution in [-0.2, 0) is 0 Å². The van der Waals surface area contributed by atoms with E-state index in [1.807, 2.05) is 0 Å². The summed E-state index contributed by atoms with van der Waals surface area (Å²) in [5.74, 6) is 1.64. The van der Waals surface area contributed by atoms with Gasteiger partial charge in [0.25, 0.3) is 13.4 Å². The quantitative estimate of drug-likeness (QED) is 0.107. The highest BCUT2D eigenvalue weighted by atomic mass is 16.5. The maximum atomic E-state index is 7.55. The Labute approximate surface area is 607 Å². The van der Waals surface area contributed by atoms with Crippen LogP contribution in [0.25, 0.3) is 44.5 Å². The summed E-state index contributed by atoms with van der Waals surface area (Å²) in [6.07, 6.45) is 0. The number of hydrogen-bond acceptors (Lipinski definition) is 6. The molecule has 104 heavy (non-hydrogen) atoms. The molecule has 16 aromatic rings. The molecule has 0 aliphatic carbocycles. The summed E-state index contributed by atoms with van der Waals surface area (Å²) in [6, 6.07) is 145. The standard InChI is InChI=1S/C96H65B2N5O/c1-10-34-66(35-11-1)77-52-32-53-78(67-36-12-2-13-37-67)95(77)100(72-46-22-7-23-47-72)76-62-90-94-92(63-76)104-91-59-31-29-57-82(91)98(94)83-64-84-87(65-86(83)102(90)74-50-26-9-27-51-74)103(96-79(68-38-14-3-15-39-68)54-33-55-80(96)69-40-16-4-17-41-69)89-61-75(99(70-42-18-5-19-43-70)71-44-20-6-21-45-71)60-88-93(89)97(84)81-56-28-30-58-85(81)101(88)73-48-24-8-25-49-73/h1-65H. The molecule has 0 amide bonds. The molecule has 0 saturated heterocycles. The summed E-state index contributed by atoms with van der Waals surface area (Å²) in [5.41, 5.74) is 31.8. The highest BCUT2D eigenvalue weighted by Crippen LogP contribution is 2.55. The van der Waals surface area contributed by atoms with E-state index in [0.29, 0.717) is 0 Å². The molecule has 6 nitrogen and oxygen atoms in total. The van der Waals surface area contributed by atoms with Gasteiger partial charge in [-0.25, -0.2) is 0 Å². The van der Waals surface area contributed by atoms with Crippen molar-refractivity contribution in [3.8, 4) is 56.0 Å². The van der Waals surface area contributed by atoms with Gasteiger partial charge in [0.1, 0.15) is 11.5 Å². The third kappa shape index (κ3) is 9.97. The van der Waals surface area contributed by atoms with Crippen LogP contribution in [0, 0.1) is 0 Å². The minimum atomic E-state index is -0.265. The van der Waals surface area contributed by atoms with Crippen LogP contribution in [0.2, 0.25) is 0 Å². The number of hydrogen-bond donors (Lipinski definition) is 0. The van der Waals surface area contributed by atoms with Crippen LogP contribution in [0.15, 0.2) is 394 Å². The highest BCUT2D eigenvalue weighted by Gasteiger charge is 2.49. The van der Waals surface area contributed by atoms with Gasteiger partial charge in [0, 0.05) is 90.9 Å². The number of fused-ring (bicyclic) bond motifs is 8. The van der Waals surface area contributed by atoms with Crippen molar-refractivity contribution < 1.29 is 4.74 Å². The van der Waals surface area contributed by atoms with Gasteiger partial charge in [0.15, 0.2) is 0 Å². The summed E-state index contributed by atoms with van der Waals surface area (Å²) in [5, 5.41) is 0. The summed E-state index contributed by atoms with van der Waals surface area (Å²) in [4.78, 5) is 12.6. The summed E-state index contributed by atoms with van der Waals surface area (Å²) in [6.45, 7) is -0.516. The number of rotatable bonds is 13. The molecule has 0 radical (unpaired) electrons. The van der Waals surface area contributed by atoms with Crippen LogP contribution < -0.4 is 62.0 Å². The molecular formula is C96H65B2N5O. The van der Waals surface area contributed by atoms with Gasteiger partial charge in [-0.3, -0.25) is 0 Å². The van der Waals surface area contributed by atoms with Crippen molar-refractivity contribution in [2.75, 3.05) is 24.5 Å². The first-order valence-electron chi connectivity index (χ1n) is 35.8. The zero-order valence-electron chi connectivity index (χ0n) is 56.8. The Bertz CT molecular complexity index is 5770. The smallest absolute Gasteiger partial charge is 0.256 e. The summed E-state index contributed by atoms with van der Waals surface area (Å²) >= 11 is 0. The van der Waals surface area contributed by atoms with E-state index in [4.69, 9.17) is 4.74 Å². The van der Waals surface area contributed by atoms with E-state index in [-0.39, 0.29) is 13.4 Å². The molecule has 4 aliphatic rings. The van der Waals surface area contributed by atoms with E-state index in [9.17, 15) is 0 Å². The van der Waals surface area contributed by atoms with Gasteiger partial charge in [-0.1, -0.05) is 291 Å². The Morgan fingerprint density at radius 3 is 1.10 bits per heavy atom.